The fourth-order valence-electron chi connectivity index (χ4n) is 2.58. The summed E-state index contributed by atoms with van der Waals surface area (Å²) in [6, 6.07) is 12.1. The van der Waals surface area contributed by atoms with Gasteiger partial charge >= 0.3 is 0 Å². The third kappa shape index (κ3) is 4.87. The monoisotopic (exact) mass is 427 g/mol. The number of benzene rings is 2. The van der Waals surface area contributed by atoms with Crippen molar-refractivity contribution in [3.63, 3.8) is 0 Å². The highest BCUT2D eigenvalue weighted by Crippen LogP contribution is 2.28. The maximum atomic E-state index is 12.4. The van der Waals surface area contributed by atoms with E-state index < -0.39 is 11.8 Å². The van der Waals surface area contributed by atoms with Crippen LogP contribution in [0.4, 0.5) is 0 Å². The van der Waals surface area contributed by atoms with E-state index in [1.807, 2.05) is 31.2 Å². The number of carbonyl (C=O) groups excluding carboxylic acids is 2. The first-order chi connectivity index (χ1) is 14.5. The van der Waals surface area contributed by atoms with Gasteiger partial charge in [0, 0.05) is 16.5 Å². The van der Waals surface area contributed by atoms with Gasteiger partial charge in [0.15, 0.2) is 11.5 Å². The fraction of sp³-hybridized carbons (Fsp3) is 0.190. The number of carbonyl (C=O) groups is 2. The maximum Gasteiger partial charge on any atom is 0.289 e. The van der Waals surface area contributed by atoms with Crippen molar-refractivity contribution in [3.8, 4) is 27.8 Å². The Balaban J connectivity index is 1.63. The Morgan fingerprint density at radius 1 is 0.967 bits per heavy atom. The Hall–Kier alpha value is -3.59. The third-order valence-electron chi connectivity index (χ3n) is 4.09. The zero-order valence-corrected chi connectivity index (χ0v) is 17.5. The lowest BCUT2D eigenvalue weighted by molar-refractivity contribution is 0.0844. The number of amides is 2. The van der Waals surface area contributed by atoms with E-state index in [1.54, 1.807) is 24.6 Å². The predicted molar refractivity (Wildman–Crippen MR) is 113 cm³/mol. The van der Waals surface area contributed by atoms with Crippen LogP contribution in [-0.4, -0.2) is 37.6 Å². The molecule has 3 rings (SSSR count). The highest BCUT2D eigenvalue weighted by atomic mass is 32.1. The molecule has 0 saturated heterocycles. The van der Waals surface area contributed by atoms with Crippen molar-refractivity contribution in [1.82, 2.24) is 15.8 Å². The molecule has 0 aliphatic carbocycles. The van der Waals surface area contributed by atoms with Crippen LogP contribution in [0, 0.1) is 0 Å². The van der Waals surface area contributed by atoms with Crippen molar-refractivity contribution >= 4 is 23.2 Å². The van der Waals surface area contributed by atoms with Crippen LogP contribution >= 0.6 is 11.3 Å². The lowest BCUT2D eigenvalue weighted by Gasteiger charge is -2.11. The first-order valence-electron chi connectivity index (χ1n) is 9.07. The molecular formula is C21H21N3O5S. The molecule has 2 amide bonds. The Kier molecular flexibility index (Phi) is 6.87. The molecule has 2 aromatic carbocycles. The second kappa shape index (κ2) is 9.75. The predicted octanol–water partition coefficient (Wildman–Crippen LogP) is 3.30. The highest BCUT2D eigenvalue weighted by molar-refractivity contribution is 7.13. The van der Waals surface area contributed by atoms with Crippen LogP contribution in [0.15, 0.2) is 47.8 Å². The maximum absolute atomic E-state index is 12.4. The topological polar surface area (TPSA) is 98.8 Å². The van der Waals surface area contributed by atoms with Crippen LogP contribution in [0.2, 0.25) is 0 Å². The van der Waals surface area contributed by atoms with Crippen LogP contribution in [0.5, 0.6) is 17.2 Å². The van der Waals surface area contributed by atoms with Gasteiger partial charge in [0.25, 0.3) is 11.8 Å². The van der Waals surface area contributed by atoms with Crippen molar-refractivity contribution < 1.29 is 23.8 Å². The molecule has 0 unspecified atom stereocenters. The molecule has 8 nitrogen and oxygen atoms in total. The number of methoxy groups -OCH3 is 2. The molecule has 2 N–H and O–H groups in total. The second-order valence-corrected chi connectivity index (χ2v) is 6.83. The summed E-state index contributed by atoms with van der Waals surface area (Å²) in [7, 11) is 3.09. The van der Waals surface area contributed by atoms with Gasteiger partial charge in [-0.1, -0.05) is 0 Å². The number of nitrogens with one attached hydrogen (secondary N) is 2. The molecule has 30 heavy (non-hydrogen) atoms. The summed E-state index contributed by atoms with van der Waals surface area (Å²) in [5.74, 6) is 0.697. The normalized spacial score (nSPS) is 10.2. The SMILES string of the molecule is CCOc1ccc(C(=O)NNC(=O)c2csc(-c3ccc(OC)cc3)n2)cc1OC. The summed E-state index contributed by atoms with van der Waals surface area (Å²) in [5, 5.41) is 2.31. The quantitative estimate of drug-likeness (QED) is 0.562. The number of ether oxygens (including phenoxy) is 3. The molecule has 0 spiro atoms. The molecule has 0 saturated carbocycles. The number of aromatic nitrogens is 1. The number of thiazole rings is 1. The lowest BCUT2D eigenvalue weighted by Crippen LogP contribution is -2.41. The van der Waals surface area contributed by atoms with Gasteiger partial charge in [0.05, 0.1) is 20.8 Å². The van der Waals surface area contributed by atoms with E-state index in [-0.39, 0.29) is 5.69 Å². The standard InChI is InChI=1S/C21H21N3O5S/c1-4-29-17-10-7-14(11-18(17)28-3)19(25)23-24-20(26)16-12-30-21(22-16)13-5-8-15(27-2)9-6-13/h5-12H,4H2,1-3H3,(H,23,25)(H,24,26). The summed E-state index contributed by atoms with van der Waals surface area (Å²) in [4.78, 5) is 29.0. The minimum atomic E-state index is -0.516. The van der Waals surface area contributed by atoms with Crippen molar-refractivity contribution in [1.29, 1.82) is 0 Å². The van der Waals surface area contributed by atoms with E-state index in [1.165, 1.54) is 24.5 Å². The second-order valence-electron chi connectivity index (χ2n) is 5.97. The van der Waals surface area contributed by atoms with E-state index in [0.717, 1.165) is 11.3 Å². The highest BCUT2D eigenvalue weighted by Gasteiger charge is 2.15. The molecule has 0 atom stereocenters. The van der Waals surface area contributed by atoms with Crippen LogP contribution < -0.4 is 25.1 Å². The largest absolute Gasteiger partial charge is 0.497 e. The Morgan fingerprint density at radius 2 is 1.70 bits per heavy atom. The van der Waals surface area contributed by atoms with Gasteiger partial charge in [-0.25, -0.2) is 4.98 Å². The van der Waals surface area contributed by atoms with E-state index >= 15 is 0 Å². The molecular weight excluding hydrogens is 406 g/mol. The van der Waals surface area contributed by atoms with Gasteiger partial charge in [-0.2, -0.15) is 0 Å². The molecule has 0 bridgehead atoms. The Labute approximate surface area is 177 Å². The average Bonchev–Trinajstić information content (AvgIpc) is 3.28. The fourth-order valence-corrected chi connectivity index (χ4v) is 3.38. The molecule has 0 aliphatic rings. The molecule has 9 heteroatoms. The summed E-state index contributed by atoms with van der Waals surface area (Å²) in [6.07, 6.45) is 0. The summed E-state index contributed by atoms with van der Waals surface area (Å²) >= 11 is 1.33. The van der Waals surface area contributed by atoms with Crippen LogP contribution in [0.3, 0.4) is 0 Å². The smallest absolute Gasteiger partial charge is 0.289 e. The Bertz CT molecular complexity index is 1030. The summed E-state index contributed by atoms with van der Waals surface area (Å²) in [6.45, 7) is 2.33. The third-order valence-corrected chi connectivity index (χ3v) is 4.98. The van der Waals surface area contributed by atoms with E-state index in [4.69, 9.17) is 14.2 Å². The van der Waals surface area contributed by atoms with Gasteiger partial charge in [0.1, 0.15) is 16.5 Å². The molecule has 3 aromatic rings. The zero-order chi connectivity index (χ0) is 21.5. The number of hydrazine groups is 1. The first-order valence-corrected chi connectivity index (χ1v) is 9.95. The molecule has 0 aliphatic heterocycles. The van der Waals surface area contributed by atoms with Crippen LogP contribution in [-0.2, 0) is 0 Å². The van der Waals surface area contributed by atoms with Crippen LogP contribution in [0.25, 0.3) is 10.6 Å². The number of hydrogen-bond donors (Lipinski definition) is 2. The van der Waals surface area contributed by atoms with Crippen molar-refractivity contribution in [2.45, 2.75) is 6.92 Å². The Morgan fingerprint density at radius 3 is 2.37 bits per heavy atom. The van der Waals surface area contributed by atoms with Gasteiger partial charge in [-0.3, -0.25) is 20.4 Å². The first kappa shape index (κ1) is 21.1. The van der Waals surface area contributed by atoms with Gasteiger partial charge in [-0.15, -0.1) is 11.3 Å². The average molecular weight is 427 g/mol. The number of nitrogens with zero attached hydrogens (tertiary/aromatic N) is 1. The van der Waals surface area contributed by atoms with Gasteiger partial charge in [-0.05, 0) is 49.4 Å². The van der Waals surface area contributed by atoms with Crippen molar-refractivity contribution in [3.05, 3.63) is 59.1 Å². The lowest BCUT2D eigenvalue weighted by atomic mass is 10.2. The summed E-state index contributed by atoms with van der Waals surface area (Å²) < 4.78 is 15.8. The van der Waals surface area contributed by atoms with Crippen molar-refractivity contribution in [2.75, 3.05) is 20.8 Å². The minimum absolute atomic E-state index is 0.204. The van der Waals surface area contributed by atoms with Crippen molar-refractivity contribution in [2.24, 2.45) is 0 Å². The van der Waals surface area contributed by atoms with E-state index in [0.29, 0.717) is 28.7 Å². The minimum Gasteiger partial charge on any atom is -0.497 e. The number of hydrogen-bond acceptors (Lipinski definition) is 7. The molecule has 0 radical (unpaired) electrons. The summed E-state index contributed by atoms with van der Waals surface area (Å²) in [5.41, 5.74) is 6.13. The van der Waals surface area contributed by atoms with Crippen LogP contribution in [0.1, 0.15) is 27.8 Å². The van der Waals surface area contributed by atoms with Gasteiger partial charge in [0.2, 0.25) is 0 Å². The van der Waals surface area contributed by atoms with E-state index in [9.17, 15) is 9.59 Å². The zero-order valence-electron chi connectivity index (χ0n) is 16.7. The van der Waals surface area contributed by atoms with Gasteiger partial charge < -0.3 is 14.2 Å². The number of rotatable bonds is 7. The molecule has 1 aromatic heterocycles. The molecule has 156 valence electrons. The van der Waals surface area contributed by atoms with E-state index in [2.05, 4.69) is 15.8 Å². The molecule has 0 fully saturated rings. The molecule has 1 heterocycles.